The van der Waals surface area contributed by atoms with Crippen LogP contribution in [-0.2, 0) is 22.4 Å². The second-order valence-corrected chi connectivity index (χ2v) is 6.39. The molecule has 0 aromatic heterocycles. The van der Waals surface area contributed by atoms with Gasteiger partial charge in [0, 0.05) is 19.0 Å². The molecule has 2 amide bonds. The van der Waals surface area contributed by atoms with E-state index in [9.17, 15) is 9.59 Å². The second-order valence-electron chi connectivity index (χ2n) is 6.39. The van der Waals surface area contributed by atoms with Gasteiger partial charge in [-0.05, 0) is 23.5 Å². The van der Waals surface area contributed by atoms with Gasteiger partial charge in [0.15, 0.2) is 0 Å². The van der Waals surface area contributed by atoms with Crippen LogP contribution in [0.5, 0.6) is 0 Å². The second kappa shape index (κ2) is 9.23. The van der Waals surface area contributed by atoms with Crippen molar-refractivity contribution in [3.05, 3.63) is 35.4 Å². The summed E-state index contributed by atoms with van der Waals surface area (Å²) in [6.07, 6.45) is 1.43. The molecule has 0 unspecified atom stereocenters. The normalized spacial score (nSPS) is 10.8. The first-order valence-corrected chi connectivity index (χ1v) is 8.00. The van der Waals surface area contributed by atoms with Crippen LogP contribution in [0.2, 0.25) is 0 Å². The molecule has 0 spiro atoms. The topological polar surface area (TPSA) is 58.2 Å². The van der Waals surface area contributed by atoms with Crippen molar-refractivity contribution < 1.29 is 9.59 Å². The Kier molecular flexibility index (Phi) is 7.64. The Morgan fingerprint density at radius 3 is 2.00 bits per heavy atom. The molecule has 0 atom stereocenters. The van der Waals surface area contributed by atoms with Crippen LogP contribution >= 0.6 is 0 Å². The molecule has 0 aliphatic heterocycles. The van der Waals surface area contributed by atoms with Crippen LogP contribution < -0.4 is 10.6 Å². The molecular weight excluding hydrogens is 276 g/mol. The van der Waals surface area contributed by atoms with Gasteiger partial charge >= 0.3 is 0 Å². The summed E-state index contributed by atoms with van der Waals surface area (Å²) in [5, 5.41) is 5.59. The maximum atomic E-state index is 11.8. The molecule has 122 valence electrons. The van der Waals surface area contributed by atoms with Crippen molar-refractivity contribution in [1.82, 2.24) is 10.6 Å². The van der Waals surface area contributed by atoms with Crippen molar-refractivity contribution in [3.63, 3.8) is 0 Å². The number of amides is 2. The monoisotopic (exact) mass is 304 g/mol. The number of hydrogen-bond acceptors (Lipinski definition) is 2. The third-order valence-corrected chi connectivity index (χ3v) is 3.30. The van der Waals surface area contributed by atoms with Crippen molar-refractivity contribution in [2.45, 2.75) is 40.5 Å². The first-order valence-electron chi connectivity index (χ1n) is 8.00. The average molecular weight is 304 g/mol. The molecule has 0 heterocycles. The highest BCUT2D eigenvalue weighted by Gasteiger charge is 2.06. The molecular formula is C18H28N2O2. The first kappa shape index (κ1) is 18.2. The number of rotatable bonds is 8. The minimum absolute atomic E-state index is 0.00925. The molecule has 0 aliphatic carbocycles. The van der Waals surface area contributed by atoms with E-state index < -0.39 is 0 Å². The van der Waals surface area contributed by atoms with E-state index in [1.807, 2.05) is 26.0 Å². The maximum Gasteiger partial charge on any atom is 0.224 e. The molecule has 0 saturated heterocycles. The van der Waals surface area contributed by atoms with Crippen molar-refractivity contribution >= 4 is 11.8 Å². The number of nitrogens with one attached hydrogen (secondary N) is 2. The van der Waals surface area contributed by atoms with Gasteiger partial charge in [0.25, 0.3) is 0 Å². The van der Waals surface area contributed by atoms with Gasteiger partial charge in [-0.1, -0.05) is 52.0 Å². The third-order valence-electron chi connectivity index (χ3n) is 3.30. The lowest BCUT2D eigenvalue weighted by molar-refractivity contribution is -0.124. The fraction of sp³-hybridized carbons (Fsp3) is 0.556. The average Bonchev–Trinajstić information content (AvgIpc) is 2.44. The van der Waals surface area contributed by atoms with Crippen molar-refractivity contribution in [2.75, 3.05) is 13.1 Å². The molecule has 22 heavy (non-hydrogen) atoms. The molecule has 1 aromatic carbocycles. The zero-order chi connectivity index (χ0) is 16.5. The van der Waals surface area contributed by atoms with Gasteiger partial charge in [-0.25, -0.2) is 0 Å². The molecule has 0 radical (unpaired) electrons. The highest BCUT2D eigenvalue weighted by molar-refractivity contribution is 5.79. The lowest BCUT2D eigenvalue weighted by Crippen LogP contribution is -2.36. The van der Waals surface area contributed by atoms with E-state index in [4.69, 9.17) is 0 Å². The zero-order valence-corrected chi connectivity index (χ0v) is 14.1. The van der Waals surface area contributed by atoms with Gasteiger partial charge in [-0.3, -0.25) is 9.59 Å². The summed E-state index contributed by atoms with van der Waals surface area (Å²) in [7, 11) is 0. The van der Waals surface area contributed by atoms with Crippen LogP contribution in [0.25, 0.3) is 0 Å². The number of carbonyl (C=O) groups is 2. The van der Waals surface area contributed by atoms with Crippen LogP contribution in [0.15, 0.2) is 24.3 Å². The number of benzene rings is 1. The molecule has 4 nitrogen and oxygen atoms in total. The van der Waals surface area contributed by atoms with Gasteiger partial charge in [0.1, 0.15) is 0 Å². The van der Waals surface area contributed by atoms with Gasteiger partial charge in [0.05, 0.1) is 6.42 Å². The summed E-state index contributed by atoms with van der Waals surface area (Å²) >= 11 is 0. The molecule has 1 rings (SSSR count). The Hall–Kier alpha value is -1.84. The van der Waals surface area contributed by atoms with E-state index in [0.717, 1.165) is 12.0 Å². The van der Waals surface area contributed by atoms with E-state index in [1.54, 1.807) is 0 Å². The van der Waals surface area contributed by atoms with Crippen LogP contribution in [0.3, 0.4) is 0 Å². The Morgan fingerprint density at radius 1 is 0.909 bits per heavy atom. The first-order chi connectivity index (χ1) is 10.4. The van der Waals surface area contributed by atoms with E-state index in [1.165, 1.54) is 5.56 Å². The molecule has 1 aromatic rings. The SMILES string of the molecule is CC(C)Cc1ccc(CC(=O)NCCNC(=O)C(C)C)cc1. The predicted octanol–water partition coefficient (Wildman–Crippen LogP) is 2.32. The van der Waals surface area contributed by atoms with Crippen LogP contribution in [0.4, 0.5) is 0 Å². The quantitative estimate of drug-likeness (QED) is 0.724. The molecule has 2 N–H and O–H groups in total. The Labute approximate surface area is 133 Å². The number of carbonyl (C=O) groups excluding carboxylic acids is 2. The standard InChI is InChI=1S/C18H28N2O2/c1-13(2)11-15-5-7-16(8-6-15)12-17(21)19-9-10-20-18(22)14(3)4/h5-8,13-14H,9-12H2,1-4H3,(H,19,21)(H,20,22). The van der Waals surface area contributed by atoms with Gasteiger partial charge in [-0.2, -0.15) is 0 Å². The molecule has 0 fully saturated rings. The van der Waals surface area contributed by atoms with Gasteiger partial charge in [-0.15, -0.1) is 0 Å². The smallest absolute Gasteiger partial charge is 0.224 e. The van der Waals surface area contributed by atoms with Crippen molar-refractivity contribution in [2.24, 2.45) is 11.8 Å². The van der Waals surface area contributed by atoms with E-state index >= 15 is 0 Å². The predicted molar refractivity (Wildman–Crippen MR) is 89.5 cm³/mol. The minimum atomic E-state index is -0.0277. The van der Waals surface area contributed by atoms with Crippen molar-refractivity contribution in [3.8, 4) is 0 Å². The largest absolute Gasteiger partial charge is 0.354 e. The maximum absolute atomic E-state index is 11.8. The fourth-order valence-electron chi connectivity index (χ4n) is 2.10. The summed E-state index contributed by atoms with van der Waals surface area (Å²) in [6, 6.07) is 8.20. The Balaban J connectivity index is 2.28. The summed E-state index contributed by atoms with van der Waals surface area (Å²) in [5.41, 5.74) is 2.31. The minimum Gasteiger partial charge on any atom is -0.354 e. The van der Waals surface area contributed by atoms with E-state index in [2.05, 4.69) is 36.6 Å². The van der Waals surface area contributed by atoms with Crippen LogP contribution in [-0.4, -0.2) is 24.9 Å². The fourth-order valence-corrected chi connectivity index (χ4v) is 2.10. The van der Waals surface area contributed by atoms with Crippen molar-refractivity contribution in [1.29, 1.82) is 0 Å². The summed E-state index contributed by atoms with van der Waals surface area (Å²) < 4.78 is 0. The summed E-state index contributed by atoms with van der Waals surface area (Å²) in [6.45, 7) is 9.01. The molecule has 4 heteroatoms. The summed E-state index contributed by atoms with van der Waals surface area (Å²) in [5.74, 6) is 0.598. The lowest BCUT2D eigenvalue weighted by atomic mass is 10.0. The van der Waals surface area contributed by atoms with E-state index in [-0.39, 0.29) is 17.7 Å². The van der Waals surface area contributed by atoms with E-state index in [0.29, 0.717) is 25.4 Å². The number of hydrogen-bond donors (Lipinski definition) is 2. The lowest BCUT2D eigenvalue weighted by Gasteiger charge is -2.09. The third kappa shape index (κ3) is 7.25. The van der Waals surface area contributed by atoms with Gasteiger partial charge in [0.2, 0.25) is 11.8 Å². The highest BCUT2D eigenvalue weighted by Crippen LogP contribution is 2.10. The molecule has 0 bridgehead atoms. The summed E-state index contributed by atoms with van der Waals surface area (Å²) in [4.78, 5) is 23.2. The Morgan fingerprint density at radius 2 is 1.45 bits per heavy atom. The molecule has 0 saturated carbocycles. The van der Waals surface area contributed by atoms with Gasteiger partial charge < -0.3 is 10.6 Å². The molecule has 0 aliphatic rings. The van der Waals surface area contributed by atoms with Crippen LogP contribution in [0.1, 0.15) is 38.8 Å². The zero-order valence-electron chi connectivity index (χ0n) is 14.1. The Bertz CT molecular complexity index is 478. The highest BCUT2D eigenvalue weighted by atomic mass is 16.2. The van der Waals surface area contributed by atoms with Crippen LogP contribution in [0, 0.1) is 11.8 Å².